The Labute approximate surface area is 99.1 Å². The number of hydrogen-bond donors (Lipinski definition) is 3. The van der Waals surface area contributed by atoms with Gasteiger partial charge < -0.3 is 15.5 Å². The third kappa shape index (κ3) is 2.96. The SMILES string of the molecule is Cc1cc(NC(=O)C(C)C)cc(C(=O)O)c1O. The summed E-state index contributed by atoms with van der Waals surface area (Å²) in [5.74, 6) is -1.91. The van der Waals surface area contributed by atoms with E-state index in [0.717, 1.165) is 0 Å². The number of carboxylic acid groups (broad SMARTS) is 1. The van der Waals surface area contributed by atoms with Gasteiger partial charge in [-0.25, -0.2) is 4.79 Å². The zero-order valence-electron chi connectivity index (χ0n) is 9.94. The van der Waals surface area contributed by atoms with Gasteiger partial charge in [0.1, 0.15) is 11.3 Å². The second kappa shape index (κ2) is 4.86. The van der Waals surface area contributed by atoms with Crippen LogP contribution in [0.5, 0.6) is 5.75 Å². The van der Waals surface area contributed by atoms with Crippen LogP contribution in [-0.4, -0.2) is 22.1 Å². The summed E-state index contributed by atoms with van der Waals surface area (Å²) < 4.78 is 0. The van der Waals surface area contributed by atoms with Crippen LogP contribution in [0.4, 0.5) is 5.69 Å². The van der Waals surface area contributed by atoms with E-state index in [-0.39, 0.29) is 23.1 Å². The van der Waals surface area contributed by atoms with Crippen LogP contribution < -0.4 is 5.32 Å². The van der Waals surface area contributed by atoms with E-state index in [1.165, 1.54) is 12.1 Å². The van der Waals surface area contributed by atoms with E-state index in [9.17, 15) is 14.7 Å². The number of rotatable bonds is 3. The first-order valence-corrected chi connectivity index (χ1v) is 5.20. The van der Waals surface area contributed by atoms with Crippen molar-refractivity contribution in [3.63, 3.8) is 0 Å². The molecule has 0 aliphatic rings. The summed E-state index contributed by atoms with van der Waals surface area (Å²) in [4.78, 5) is 22.3. The molecule has 1 amide bonds. The number of benzene rings is 1. The third-order valence-electron chi connectivity index (χ3n) is 2.32. The van der Waals surface area contributed by atoms with Gasteiger partial charge in [-0.2, -0.15) is 0 Å². The zero-order valence-corrected chi connectivity index (χ0v) is 9.94. The molecule has 3 N–H and O–H groups in total. The minimum Gasteiger partial charge on any atom is -0.507 e. The second-order valence-corrected chi connectivity index (χ2v) is 4.14. The Morgan fingerprint density at radius 3 is 2.35 bits per heavy atom. The fourth-order valence-electron chi connectivity index (χ4n) is 1.30. The number of carbonyl (C=O) groups excluding carboxylic acids is 1. The molecule has 0 aliphatic heterocycles. The molecule has 5 nitrogen and oxygen atoms in total. The van der Waals surface area contributed by atoms with Crippen molar-refractivity contribution in [3.8, 4) is 5.75 Å². The van der Waals surface area contributed by atoms with E-state index in [0.29, 0.717) is 11.3 Å². The number of anilines is 1. The van der Waals surface area contributed by atoms with Crippen LogP contribution in [0.15, 0.2) is 12.1 Å². The number of aromatic hydroxyl groups is 1. The largest absolute Gasteiger partial charge is 0.507 e. The lowest BCUT2D eigenvalue weighted by molar-refractivity contribution is -0.118. The summed E-state index contributed by atoms with van der Waals surface area (Å²) in [5.41, 5.74) is 0.560. The van der Waals surface area contributed by atoms with Crippen LogP contribution in [0.2, 0.25) is 0 Å². The molecule has 92 valence electrons. The molecule has 0 bridgehead atoms. The normalized spacial score (nSPS) is 10.4. The Bertz CT molecular complexity index is 466. The zero-order chi connectivity index (χ0) is 13.2. The van der Waals surface area contributed by atoms with Crippen molar-refractivity contribution in [1.29, 1.82) is 0 Å². The minimum atomic E-state index is -1.23. The molecule has 1 aromatic carbocycles. The predicted molar refractivity (Wildman–Crippen MR) is 63.3 cm³/mol. The van der Waals surface area contributed by atoms with Crippen LogP contribution >= 0.6 is 0 Å². The fraction of sp³-hybridized carbons (Fsp3) is 0.333. The summed E-state index contributed by atoms with van der Waals surface area (Å²) in [6, 6.07) is 2.77. The molecular weight excluding hydrogens is 222 g/mol. The molecule has 0 spiro atoms. The highest BCUT2D eigenvalue weighted by Crippen LogP contribution is 2.26. The van der Waals surface area contributed by atoms with Gasteiger partial charge in [-0.3, -0.25) is 4.79 Å². The average molecular weight is 237 g/mol. The Morgan fingerprint density at radius 2 is 1.88 bits per heavy atom. The van der Waals surface area contributed by atoms with Crippen molar-refractivity contribution in [2.45, 2.75) is 20.8 Å². The summed E-state index contributed by atoms with van der Waals surface area (Å²) in [6.07, 6.45) is 0. The molecule has 0 fully saturated rings. The van der Waals surface area contributed by atoms with Crippen molar-refractivity contribution in [2.24, 2.45) is 5.92 Å². The number of carboxylic acids is 1. The summed E-state index contributed by atoms with van der Waals surface area (Å²) in [7, 11) is 0. The number of aryl methyl sites for hydroxylation is 1. The highest BCUT2D eigenvalue weighted by atomic mass is 16.4. The lowest BCUT2D eigenvalue weighted by atomic mass is 10.1. The number of nitrogens with one attached hydrogen (secondary N) is 1. The molecule has 0 aliphatic carbocycles. The first-order valence-electron chi connectivity index (χ1n) is 5.20. The standard InChI is InChI=1S/C12H15NO4/c1-6(2)11(15)13-8-4-7(3)10(14)9(5-8)12(16)17/h4-6,14H,1-3H3,(H,13,15)(H,16,17). The van der Waals surface area contributed by atoms with Gasteiger partial charge in [0, 0.05) is 11.6 Å². The van der Waals surface area contributed by atoms with Crippen molar-refractivity contribution in [3.05, 3.63) is 23.3 Å². The van der Waals surface area contributed by atoms with Crippen LogP contribution in [0, 0.1) is 12.8 Å². The van der Waals surface area contributed by atoms with Crippen molar-refractivity contribution in [2.75, 3.05) is 5.32 Å². The highest BCUT2D eigenvalue weighted by Gasteiger charge is 2.15. The van der Waals surface area contributed by atoms with E-state index in [1.54, 1.807) is 20.8 Å². The highest BCUT2D eigenvalue weighted by molar-refractivity contribution is 5.96. The molecular formula is C12H15NO4. The van der Waals surface area contributed by atoms with Gasteiger partial charge >= 0.3 is 5.97 Å². The van der Waals surface area contributed by atoms with Crippen molar-refractivity contribution < 1.29 is 19.8 Å². The van der Waals surface area contributed by atoms with Crippen LogP contribution in [0.1, 0.15) is 29.8 Å². The predicted octanol–water partition coefficient (Wildman–Crippen LogP) is 1.99. The quantitative estimate of drug-likeness (QED) is 0.702. The summed E-state index contributed by atoms with van der Waals surface area (Å²) >= 11 is 0. The van der Waals surface area contributed by atoms with Crippen LogP contribution in [-0.2, 0) is 4.79 Å². The van der Waals surface area contributed by atoms with E-state index < -0.39 is 5.97 Å². The molecule has 0 atom stereocenters. The molecule has 0 radical (unpaired) electrons. The summed E-state index contributed by atoms with van der Waals surface area (Å²) in [5, 5.41) is 21.0. The molecule has 17 heavy (non-hydrogen) atoms. The average Bonchev–Trinajstić information content (AvgIpc) is 2.22. The maximum Gasteiger partial charge on any atom is 0.339 e. The Balaban J connectivity index is 3.11. The van der Waals surface area contributed by atoms with E-state index in [1.807, 2.05) is 0 Å². The van der Waals surface area contributed by atoms with Crippen LogP contribution in [0.25, 0.3) is 0 Å². The van der Waals surface area contributed by atoms with Gasteiger partial charge in [0.05, 0.1) is 0 Å². The van der Waals surface area contributed by atoms with Gasteiger partial charge in [0.2, 0.25) is 5.91 Å². The second-order valence-electron chi connectivity index (χ2n) is 4.14. The lowest BCUT2D eigenvalue weighted by Crippen LogP contribution is -2.18. The molecule has 0 unspecified atom stereocenters. The minimum absolute atomic E-state index is 0.197. The van der Waals surface area contributed by atoms with E-state index in [2.05, 4.69) is 5.32 Å². The van der Waals surface area contributed by atoms with Gasteiger partial charge in [0.15, 0.2) is 0 Å². The number of hydrogen-bond acceptors (Lipinski definition) is 3. The molecule has 1 rings (SSSR count). The van der Waals surface area contributed by atoms with E-state index >= 15 is 0 Å². The molecule has 0 saturated heterocycles. The number of phenols is 1. The lowest BCUT2D eigenvalue weighted by Gasteiger charge is -2.11. The van der Waals surface area contributed by atoms with Gasteiger partial charge in [-0.15, -0.1) is 0 Å². The van der Waals surface area contributed by atoms with Crippen LogP contribution in [0.3, 0.4) is 0 Å². The van der Waals surface area contributed by atoms with E-state index in [4.69, 9.17) is 5.11 Å². The third-order valence-corrected chi connectivity index (χ3v) is 2.32. The van der Waals surface area contributed by atoms with Gasteiger partial charge in [-0.05, 0) is 24.6 Å². The first kappa shape index (κ1) is 13.0. The molecule has 5 heteroatoms. The Morgan fingerprint density at radius 1 is 1.29 bits per heavy atom. The Kier molecular flexibility index (Phi) is 3.73. The Hall–Kier alpha value is -2.04. The topological polar surface area (TPSA) is 86.6 Å². The fourth-order valence-corrected chi connectivity index (χ4v) is 1.30. The molecule has 0 aromatic heterocycles. The number of aromatic carboxylic acids is 1. The number of amides is 1. The van der Waals surface area contributed by atoms with Crippen molar-refractivity contribution in [1.82, 2.24) is 0 Å². The molecule has 1 aromatic rings. The van der Waals surface area contributed by atoms with Gasteiger partial charge in [-0.1, -0.05) is 13.8 Å². The van der Waals surface area contributed by atoms with Gasteiger partial charge in [0.25, 0.3) is 0 Å². The van der Waals surface area contributed by atoms with Crippen molar-refractivity contribution >= 4 is 17.6 Å². The first-order chi connectivity index (χ1) is 7.82. The number of carbonyl (C=O) groups is 2. The maximum absolute atomic E-state index is 11.5. The maximum atomic E-state index is 11.5. The smallest absolute Gasteiger partial charge is 0.339 e. The molecule has 0 heterocycles. The summed E-state index contributed by atoms with van der Waals surface area (Å²) in [6.45, 7) is 5.05. The molecule has 0 saturated carbocycles. The monoisotopic (exact) mass is 237 g/mol.